The number of aliphatic imine (C=N–C) groups is 1. The maximum atomic E-state index is 11.6. The average Bonchev–Trinajstić information content (AvgIpc) is 2.80. The summed E-state index contributed by atoms with van der Waals surface area (Å²) in [5.74, 6) is 1.49. The number of nitrogens with zero attached hydrogens (tertiary/aromatic N) is 2. The molecule has 1 aliphatic heterocycles. The zero-order valence-electron chi connectivity index (χ0n) is 18.8. The Morgan fingerprint density at radius 3 is 2.53 bits per heavy atom. The topological polar surface area (TPSA) is 66.0 Å². The van der Waals surface area contributed by atoms with Crippen LogP contribution >= 0.6 is 24.0 Å². The molecule has 0 aromatic heterocycles. The Labute approximate surface area is 208 Å². The fourth-order valence-electron chi connectivity index (χ4n) is 3.59. The number of likely N-dealkylation sites (tertiary alicyclic amines) is 1. The summed E-state index contributed by atoms with van der Waals surface area (Å²) in [4.78, 5) is 18.4. The summed E-state index contributed by atoms with van der Waals surface area (Å²) in [5.41, 5.74) is 3.83. The van der Waals surface area contributed by atoms with Gasteiger partial charge in [0.1, 0.15) is 5.75 Å². The molecule has 2 N–H and O–H groups in total. The van der Waals surface area contributed by atoms with Gasteiger partial charge in [0, 0.05) is 33.2 Å². The van der Waals surface area contributed by atoms with Gasteiger partial charge in [-0.1, -0.05) is 54.1 Å². The summed E-state index contributed by atoms with van der Waals surface area (Å²) >= 11 is 0. The maximum Gasteiger partial charge on any atom is 0.257 e. The zero-order valence-corrected chi connectivity index (χ0v) is 21.2. The molecule has 6 nitrogen and oxygen atoms in total. The van der Waals surface area contributed by atoms with Crippen molar-refractivity contribution in [2.24, 2.45) is 4.99 Å². The molecule has 0 saturated carbocycles. The lowest BCUT2D eigenvalue weighted by molar-refractivity contribution is -0.122. The first kappa shape index (κ1) is 25.7. The number of likely N-dealkylation sites (N-methyl/N-ethyl adjacent to an activating group) is 1. The van der Waals surface area contributed by atoms with Crippen LogP contribution in [0.15, 0.2) is 65.2 Å². The smallest absolute Gasteiger partial charge is 0.257 e. The minimum atomic E-state index is -0.114. The molecule has 32 heavy (non-hydrogen) atoms. The van der Waals surface area contributed by atoms with E-state index < -0.39 is 0 Å². The van der Waals surface area contributed by atoms with E-state index in [4.69, 9.17) is 4.74 Å². The van der Waals surface area contributed by atoms with Crippen molar-refractivity contribution in [1.29, 1.82) is 0 Å². The van der Waals surface area contributed by atoms with Gasteiger partial charge in [-0.15, -0.1) is 24.0 Å². The van der Waals surface area contributed by atoms with Crippen LogP contribution in [0.2, 0.25) is 0 Å². The zero-order chi connectivity index (χ0) is 21.9. The van der Waals surface area contributed by atoms with E-state index in [0.717, 1.165) is 37.5 Å². The molecular formula is C25H33IN4O2. The van der Waals surface area contributed by atoms with Crippen LogP contribution in [0.5, 0.6) is 5.75 Å². The molecule has 2 aromatic rings. The number of benzene rings is 2. The highest BCUT2D eigenvalue weighted by Gasteiger charge is 2.17. The molecule has 1 aliphatic rings. The average molecular weight is 548 g/mol. The minimum absolute atomic E-state index is 0. The second-order valence-electron chi connectivity index (χ2n) is 7.49. The monoisotopic (exact) mass is 548 g/mol. The highest BCUT2D eigenvalue weighted by Crippen LogP contribution is 2.20. The van der Waals surface area contributed by atoms with E-state index >= 15 is 0 Å². The van der Waals surface area contributed by atoms with E-state index in [1.165, 1.54) is 11.1 Å². The molecule has 0 aliphatic carbocycles. The van der Waals surface area contributed by atoms with Gasteiger partial charge in [-0.05, 0) is 43.0 Å². The molecule has 0 bridgehead atoms. The maximum absolute atomic E-state index is 11.6. The molecule has 0 spiro atoms. The number of carbonyl (C=O) groups excluding carboxylic acids is 1. The Bertz CT molecular complexity index is 905. The fourth-order valence-corrected chi connectivity index (χ4v) is 3.59. The summed E-state index contributed by atoms with van der Waals surface area (Å²) < 4.78 is 5.58. The van der Waals surface area contributed by atoms with Gasteiger partial charge < -0.3 is 20.3 Å². The summed E-state index contributed by atoms with van der Waals surface area (Å²) in [7, 11) is 1.82. The number of hydrogen-bond acceptors (Lipinski definition) is 3. The summed E-state index contributed by atoms with van der Waals surface area (Å²) in [6, 6.07) is 18.3. The Morgan fingerprint density at radius 1 is 1.09 bits per heavy atom. The number of carbonyl (C=O) groups is 1. The van der Waals surface area contributed by atoms with Crippen molar-refractivity contribution in [3.05, 3.63) is 71.3 Å². The van der Waals surface area contributed by atoms with Crippen molar-refractivity contribution in [3.63, 3.8) is 0 Å². The Morgan fingerprint density at radius 2 is 1.84 bits per heavy atom. The van der Waals surface area contributed by atoms with Crippen molar-refractivity contribution >= 4 is 41.9 Å². The SMILES string of the molecule is CCNC(=O)COc1cccc(CNC(=NC)N2CCC(=Cc3ccccc3)CC2)c1.I. The van der Waals surface area contributed by atoms with Gasteiger partial charge in [0.25, 0.3) is 5.91 Å². The third kappa shape index (κ3) is 8.18. The quantitative estimate of drug-likeness (QED) is 0.311. The molecule has 1 heterocycles. The van der Waals surface area contributed by atoms with Gasteiger partial charge >= 0.3 is 0 Å². The van der Waals surface area contributed by atoms with Gasteiger partial charge in [-0.25, -0.2) is 0 Å². The van der Waals surface area contributed by atoms with Gasteiger partial charge in [0.05, 0.1) is 0 Å². The van der Waals surface area contributed by atoms with Crippen LogP contribution in [-0.4, -0.2) is 50.1 Å². The lowest BCUT2D eigenvalue weighted by Gasteiger charge is -2.31. The lowest BCUT2D eigenvalue weighted by atomic mass is 10.0. The second kappa shape index (κ2) is 13.8. The predicted molar refractivity (Wildman–Crippen MR) is 141 cm³/mol. The van der Waals surface area contributed by atoms with Crippen molar-refractivity contribution in [1.82, 2.24) is 15.5 Å². The van der Waals surface area contributed by atoms with Crippen LogP contribution in [0.3, 0.4) is 0 Å². The first-order valence-corrected chi connectivity index (χ1v) is 10.9. The van der Waals surface area contributed by atoms with Crippen molar-refractivity contribution in [2.75, 3.05) is 33.3 Å². The molecule has 1 saturated heterocycles. The molecule has 1 amide bonds. The van der Waals surface area contributed by atoms with E-state index in [0.29, 0.717) is 18.8 Å². The Kier molecular flexibility index (Phi) is 11.1. The molecule has 2 aromatic carbocycles. The van der Waals surface area contributed by atoms with E-state index in [-0.39, 0.29) is 36.5 Å². The van der Waals surface area contributed by atoms with Crippen molar-refractivity contribution in [2.45, 2.75) is 26.3 Å². The van der Waals surface area contributed by atoms with Gasteiger partial charge in [-0.3, -0.25) is 9.79 Å². The number of ether oxygens (including phenoxy) is 1. The van der Waals surface area contributed by atoms with E-state index in [9.17, 15) is 4.79 Å². The Hall–Kier alpha value is -2.55. The molecule has 3 rings (SSSR count). The lowest BCUT2D eigenvalue weighted by Crippen LogP contribution is -2.44. The predicted octanol–water partition coefficient (Wildman–Crippen LogP) is 4.07. The minimum Gasteiger partial charge on any atom is -0.484 e. The normalized spacial score (nSPS) is 13.8. The van der Waals surface area contributed by atoms with Gasteiger partial charge in [0.15, 0.2) is 12.6 Å². The number of nitrogens with one attached hydrogen (secondary N) is 2. The number of guanidine groups is 1. The molecular weight excluding hydrogens is 515 g/mol. The third-order valence-electron chi connectivity index (χ3n) is 5.18. The highest BCUT2D eigenvalue weighted by molar-refractivity contribution is 14.0. The highest BCUT2D eigenvalue weighted by atomic mass is 127. The van der Waals surface area contributed by atoms with Gasteiger partial charge in [-0.2, -0.15) is 0 Å². The summed E-state index contributed by atoms with van der Waals surface area (Å²) in [5, 5.41) is 6.18. The molecule has 7 heteroatoms. The third-order valence-corrected chi connectivity index (χ3v) is 5.18. The van der Waals surface area contributed by atoms with Crippen LogP contribution in [0.4, 0.5) is 0 Å². The molecule has 0 atom stereocenters. The first-order chi connectivity index (χ1) is 15.2. The van der Waals surface area contributed by atoms with Crippen molar-refractivity contribution in [3.8, 4) is 5.75 Å². The first-order valence-electron chi connectivity index (χ1n) is 10.9. The molecule has 172 valence electrons. The molecule has 1 fully saturated rings. The number of amides is 1. The van der Waals surface area contributed by atoms with Crippen LogP contribution in [0.1, 0.15) is 30.9 Å². The standard InChI is InChI=1S/C25H32N4O2.HI/c1-3-27-24(30)19-31-23-11-7-10-22(17-23)18-28-25(26-2)29-14-12-21(13-15-29)16-20-8-5-4-6-9-20;/h4-11,16-17H,3,12-15,18-19H2,1-2H3,(H,26,28)(H,27,30);1H. The van der Waals surface area contributed by atoms with E-state index in [1.807, 2.05) is 44.3 Å². The van der Waals surface area contributed by atoms with Crippen LogP contribution < -0.4 is 15.4 Å². The fraction of sp³-hybridized carbons (Fsp3) is 0.360. The summed E-state index contributed by atoms with van der Waals surface area (Å²) in [6.45, 7) is 5.07. The van der Waals surface area contributed by atoms with E-state index in [2.05, 4.69) is 50.9 Å². The second-order valence-corrected chi connectivity index (χ2v) is 7.49. The van der Waals surface area contributed by atoms with Crippen molar-refractivity contribution < 1.29 is 9.53 Å². The number of hydrogen-bond donors (Lipinski definition) is 2. The summed E-state index contributed by atoms with van der Waals surface area (Å²) in [6.07, 6.45) is 4.39. The van der Waals surface area contributed by atoms with Crippen LogP contribution in [0, 0.1) is 0 Å². The largest absolute Gasteiger partial charge is 0.484 e. The van der Waals surface area contributed by atoms with E-state index in [1.54, 1.807) is 0 Å². The van der Waals surface area contributed by atoms with Gasteiger partial charge in [0.2, 0.25) is 0 Å². The van der Waals surface area contributed by atoms with Crippen LogP contribution in [0.25, 0.3) is 6.08 Å². The number of rotatable bonds is 7. The van der Waals surface area contributed by atoms with Crippen LogP contribution in [-0.2, 0) is 11.3 Å². The Balaban J connectivity index is 0.00000363. The number of piperidine rings is 1. The molecule has 0 radical (unpaired) electrons. The molecule has 0 unspecified atom stereocenters. The number of halogens is 1.